The molecular weight excluding hydrogens is 1210 g/mol. The molecule has 5 aromatic carbocycles. The topological polar surface area (TPSA) is 133 Å². The third-order valence-corrected chi connectivity index (χ3v) is 20.7. The van der Waals surface area contributed by atoms with Crippen molar-refractivity contribution in [3.8, 4) is 39.9 Å². The maximum absolute atomic E-state index is 14.0. The molecule has 0 fully saturated rings. The predicted molar refractivity (Wildman–Crippen MR) is 341 cm³/mol. The molecule has 1 aromatic heterocycles. The predicted octanol–water partition coefficient (Wildman–Crippen LogP) is 19.4. The summed E-state index contributed by atoms with van der Waals surface area (Å²) in [7, 11) is -9.33. The van der Waals surface area contributed by atoms with Crippen molar-refractivity contribution in [3.05, 3.63) is 97.4 Å². The zero-order valence-corrected chi connectivity index (χ0v) is 58.4. The van der Waals surface area contributed by atoms with Gasteiger partial charge in [-0.2, -0.15) is 0 Å². The lowest BCUT2D eigenvalue weighted by molar-refractivity contribution is -0.143. The van der Waals surface area contributed by atoms with Gasteiger partial charge in [0.2, 0.25) is 0 Å². The molecule has 0 aliphatic carbocycles. The molecular formula is C63H82Br2O11P2Si2. The van der Waals surface area contributed by atoms with Gasteiger partial charge in [0.15, 0.2) is 5.75 Å². The number of fused-ring (bicyclic) bond motifs is 4. The molecule has 17 heteroatoms. The molecule has 0 radical (unpaired) electrons. The van der Waals surface area contributed by atoms with Gasteiger partial charge in [0.05, 0.1) is 31.5 Å². The summed E-state index contributed by atoms with van der Waals surface area (Å²) in [5, 5.41) is 4.17. The largest absolute Gasteiger partial charge is 0.532 e. The molecule has 0 N–H and O–H groups in total. The number of esters is 2. The molecule has 0 amide bonds. The van der Waals surface area contributed by atoms with Gasteiger partial charge in [-0.1, -0.05) is 150 Å². The van der Waals surface area contributed by atoms with Gasteiger partial charge < -0.3 is 36.0 Å². The van der Waals surface area contributed by atoms with Crippen molar-refractivity contribution in [1.82, 2.24) is 0 Å². The molecule has 1 unspecified atom stereocenters. The van der Waals surface area contributed by atoms with E-state index in [2.05, 4.69) is 158 Å². The van der Waals surface area contributed by atoms with E-state index in [0.29, 0.717) is 36.9 Å². The van der Waals surface area contributed by atoms with Crippen LogP contribution < -0.4 is 33.4 Å². The highest BCUT2D eigenvalue weighted by atomic mass is 79.9. The van der Waals surface area contributed by atoms with E-state index in [0.717, 1.165) is 32.3 Å². The lowest BCUT2D eigenvalue weighted by Crippen LogP contribution is -2.39. The van der Waals surface area contributed by atoms with Crippen LogP contribution >= 0.6 is 48.7 Å². The number of hydrogen-bond acceptors (Lipinski definition) is 11. The van der Waals surface area contributed by atoms with Crippen LogP contribution in [0.1, 0.15) is 157 Å². The second-order valence-electron chi connectivity index (χ2n) is 29.3. The van der Waals surface area contributed by atoms with E-state index in [4.69, 9.17) is 36.0 Å². The molecule has 0 bridgehead atoms. The van der Waals surface area contributed by atoms with Gasteiger partial charge in [-0.3, -0.25) is 9.59 Å². The van der Waals surface area contributed by atoms with Gasteiger partial charge in [-0.15, -0.1) is 0 Å². The van der Waals surface area contributed by atoms with Crippen LogP contribution in [-0.4, -0.2) is 34.1 Å². The third kappa shape index (κ3) is 13.8. The molecule has 80 heavy (non-hydrogen) atoms. The van der Waals surface area contributed by atoms with Crippen LogP contribution in [0, 0.1) is 10.8 Å². The molecule has 11 nitrogen and oxygen atoms in total. The first-order valence-corrected chi connectivity index (χ1v) is 37.9. The molecule has 0 spiro atoms. The van der Waals surface area contributed by atoms with E-state index in [1.807, 2.05) is 26.8 Å². The highest BCUT2D eigenvalue weighted by Crippen LogP contribution is 2.57. The van der Waals surface area contributed by atoms with E-state index in [1.165, 1.54) is 11.1 Å². The maximum Gasteiger partial charge on any atom is 0.532 e. The smallest absolute Gasteiger partial charge is 0.426 e. The Morgan fingerprint density at radius 3 is 1.25 bits per heavy atom. The van der Waals surface area contributed by atoms with Gasteiger partial charge in [0.25, 0.3) is 0 Å². The lowest BCUT2D eigenvalue weighted by atomic mass is 9.81. The highest BCUT2D eigenvalue weighted by Gasteiger charge is 2.40. The molecule has 6 aromatic rings. The van der Waals surface area contributed by atoms with Gasteiger partial charge in [-0.05, 0) is 149 Å². The van der Waals surface area contributed by atoms with E-state index >= 15 is 0 Å². The van der Waals surface area contributed by atoms with Crippen LogP contribution in [0.25, 0.3) is 33.1 Å². The fraction of sp³-hybridized carbons (Fsp3) is 0.476. The number of rotatable bonds is 9. The zero-order valence-electron chi connectivity index (χ0n) is 51.4. The summed E-state index contributed by atoms with van der Waals surface area (Å²) in [6.45, 7) is 50.4. The summed E-state index contributed by atoms with van der Waals surface area (Å²) in [5.74, 6) is -0.310. The second kappa shape index (κ2) is 21.7. The Balaban J connectivity index is 1.70. The summed E-state index contributed by atoms with van der Waals surface area (Å²) < 4.78 is 55.9. The number of benzene rings is 5. The quantitative estimate of drug-likeness (QED) is 0.0593. The molecule has 1 aliphatic rings. The van der Waals surface area contributed by atoms with Crippen LogP contribution in [-0.2, 0) is 35.8 Å². The molecule has 2 heterocycles. The molecule has 0 saturated carbocycles. The van der Waals surface area contributed by atoms with E-state index in [1.54, 1.807) is 71.9 Å². The number of carbonyl (C=O) groups excluding carboxylic acids is 3. The van der Waals surface area contributed by atoms with Crippen LogP contribution in [0.2, 0.25) is 39.3 Å². The molecule has 7 rings (SSSR count). The van der Waals surface area contributed by atoms with Gasteiger partial charge in [-0.25, -0.2) is 4.79 Å². The summed E-state index contributed by atoms with van der Waals surface area (Å²) in [6, 6.07) is 19.7. The molecule has 1 atom stereocenters. The number of hydrogen-bond donors (Lipinski definition) is 0. The van der Waals surface area contributed by atoms with Crippen molar-refractivity contribution in [2.24, 2.45) is 10.8 Å². The minimum absolute atomic E-state index is 0.198. The van der Waals surface area contributed by atoms with Crippen molar-refractivity contribution in [3.63, 3.8) is 0 Å². The Labute approximate surface area is 495 Å². The lowest BCUT2D eigenvalue weighted by Gasteiger charge is -2.30. The van der Waals surface area contributed by atoms with Crippen molar-refractivity contribution in [2.75, 3.05) is 0 Å². The third-order valence-electron chi connectivity index (χ3n) is 13.7. The first kappa shape index (κ1) is 63.2. The van der Waals surface area contributed by atoms with Crippen LogP contribution in [0.15, 0.2) is 78.0 Å². The molecule has 1 aliphatic heterocycles. The first-order valence-electron chi connectivity index (χ1n) is 27.2. The second-order valence-corrected chi connectivity index (χ2v) is 43.2. The first-order chi connectivity index (χ1) is 36.2. The van der Waals surface area contributed by atoms with Crippen molar-refractivity contribution >= 4 is 115 Å². The highest BCUT2D eigenvalue weighted by molar-refractivity contribution is 9.11. The van der Waals surface area contributed by atoms with Crippen molar-refractivity contribution in [2.45, 2.75) is 186 Å². The Morgan fingerprint density at radius 2 is 0.887 bits per heavy atom. The average Bonchev–Trinajstić information content (AvgIpc) is 3.52. The molecule has 432 valence electrons. The Kier molecular flexibility index (Phi) is 17.1. The van der Waals surface area contributed by atoms with E-state index in [-0.39, 0.29) is 39.4 Å². The minimum Gasteiger partial charge on any atom is -0.426 e. The average molecular weight is 1290 g/mol. The van der Waals surface area contributed by atoms with Crippen LogP contribution in [0.5, 0.6) is 28.7 Å². The van der Waals surface area contributed by atoms with Crippen LogP contribution in [0.3, 0.4) is 0 Å². The van der Waals surface area contributed by atoms with Crippen molar-refractivity contribution in [1.29, 1.82) is 0 Å². The number of halogens is 2. The minimum atomic E-state index is -2.49. The van der Waals surface area contributed by atoms with E-state index < -0.39 is 72.6 Å². The van der Waals surface area contributed by atoms with Gasteiger partial charge >= 0.3 is 34.8 Å². The fourth-order valence-corrected chi connectivity index (χ4v) is 15.5. The Morgan fingerprint density at radius 1 is 0.487 bits per heavy atom. The number of carbonyl (C=O) groups is 3. The van der Waals surface area contributed by atoms with Crippen LogP contribution in [0.4, 0.5) is 0 Å². The summed E-state index contributed by atoms with van der Waals surface area (Å²) >= 11 is 7.08. The molecule has 0 saturated heterocycles. The monoisotopic (exact) mass is 1290 g/mol. The van der Waals surface area contributed by atoms with E-state index in [9.17, 15) is 14.4 Å². The Bertz CT molecular complexity index is 3420. The Hall–Kier alpha value is -4.37. The standard InChI is InChI=1S/C63H82Br2O11P2Si2/c1-58(2,3)35-25-40-41-26-36(59(4,5)6)28-49(80(22,23)24)54(41)75-77(74-53(40)48(27-35)79(19,20)21)71-50-42(31-38(33-45(50)60(7,8)9)69-56(67)62(13,14)15)43-32-39(70-57(68)63(16,17)18)34-46(61(10,11)12)51(43)72-78-73-52-44(55(66)76-78)29-37(64)30-47(52)65/h25-34H,1-24H3. The van der Waals surface area contributed by atoms with Gasteiger partial charge in [0.1, 0.15) is 39.7 Å². The maximum atomic E-state index is 14.0. The summed E-state index contributed by atoms with van der Waals surface area (Å²) in [5.41, 5.74) is 2.39. The SMILES string of the molecule is CC(C)(C)C(=O)Oc1cc(-c2cc(OC(=O)C(C)(C)C)cc(C(C)(C)C)c2Op2oc3c([Si](C)(C)C)cc(C(C)(C)C)cc3c3cc(C(C)(C)C)cc([Si](C)(C)C)c3o2)c(OP2OC(=O)c3cc(Br)cc(Br)c3O2)c(C(C)(C)C)c1. The summed E-state index contributed by atoms with van der Waals surface area (Å²) in [6.07, 6.45) is 0. The van der Waals surface area contributed by atoms with Gasteiger partial charge in [0, 0.05) is 37.5 Å². The normalized spacial score (nSPS) is 14.8. The fourth-order valence-electron chi connectivity index (χ4n) is 8.79. The summed E-state index contributed by atoms with van der Waals surface area (Å²) in [4.78, 5) is 41.9. The van der Waals surface area contributed by atoms with Crippen molar-refractivity contribution < 1.29 is 50.3 Å². The zero-order chi connectivity index (χ0) is 60.2. The number of ether oxygens (including phenoxy) is 2.